The van der Waals surface area contributed by atoms with E-state index in [1.54, 1.807) is 55.5 Å². The van der Waals surface area contributed by atoms with Gasteiger partial charge in [0.15, 0.2) is 0 Å². The molecule has 0 fully saturated rings. The van der Waals surface area contributed by atoms with Gasteiger partial charge in [-0.25, -0.2) is 9.66 Å². The summed E-state index contributed by atoms with van der Waals surface area (Å²) in [6, 6.07) is 12.1. The van der Waals surface area contributed by atoms with Crippen molar-refractivity contribution in [3.05, 3.63) is 75.8 Å². The van der Waals surface area contributed by atoms with Crippen LogP contribution in [0.25, 0.3) is 10.9 Å². The molecule has 140 valence electrons. The van der Waals surface area contributed by atoms with Crippen LogP contribution in [0.5, 0.6) is 0 Å². The lowest BCUT2D eigenvalue weighted by Gasteiger charge is -2.22. The van der Waals surface area contributed by atoms with E-state index in [0.717, 1.165) is 9.58 Å². The van der Waals surface area contributed by atoms with E-state index in [2.05, 4.69) is 10.4 Å². The van der Waals surface area contributed by atoms with Crippen molar-refractivity contribution in [2.75, 3.05) is 5.43 Å². The molecule has 0 saturated carbocycles. The van der Waals surface area contributed by atoms with E-state index < -0.39 is 29.3 Å². The van der Waals surface area contributed by atoms with Gasteiger partial charge in [0.25, 0.3) is 23.3 Å². The van der Waals surface area contributed by atoms with Crippen molar-refractivity contribution in [2.24, 2.45) is 0 Å². The number of nitrogens with one attached hydrogen (secondary N) is 1. The van der Waals surface area contributed by atoms with Crippen molar-refractivity contribution in [3.8, 4) is 0 Å². The number of carbonyl (C=O) groups excluding carboxylic acids is 3. The standard InChI is InChI=1S/C20H16N4O4/c1-11(23-18(26)13-7-3-4-8-14(13)19(23)27)17(25)22-24-12(2)21-16-10-6-5-9-15(16)20(24)28/h3-11H,1-2H3,(H,22,25)/t11-/m0/s1. The van der Waals surface area contributed by atoms with Crippen molar-refractivity contribution < 1.29 is 14.4 Å². The number of rotatable bonds is 3. The third-order valence-electron chi connectivity index (χ3n) is 4.76. The molecule has 0 aliphatic carbocycles. The van der Waals surface area contributed by atoms with Crippen molar-refractivity contribution in [1.29, 1.82) is 0 Å². The fourth-order valence-corrected chi connectivity index (χ4v) is 3.26. The maximum atomic E-state index is 12.7. The summed E-state index contributed by atoms with van der Waals surface area (Å²) in [5.74, 6) is -1.46. The van der Waals surface area contributed by atoms with E-state index in [0.29, 0.717) is 10.9 Å². The molecule has 1 N–H and O–H groups in total. The minimum atomic E-state index is -1.11. The molecule has 0 spiro atoms. The number of nitrogens with zero attached hydrogens (tertiary/aromatic N) is 3. The average Bonchev–Trinajstić information content (AvgIpc) is 2.95. The van der Waals surface area contributed by atoms with Gasteiger partial charge in [-0.2, -0.15) is 0 Å². The second-order valence-corrected chi connectivity index (χ2v) is 6.49. The first kappa shape index (κ1) is 17.6. The zero-order valence-corrected chi connectivity index (χ0v) is 15.2. The van der Waals surface area contributed by atoms with Crippen LogP contribution in [0.2, 0.25) is 0 Å². The second-order valence-electron chi connectivity index (χ2n) is 6.49. The van der Waals surface area contributed by atoms with Crippen LogP contribution in [-0.4, -0.2) is 38.3 Å². The Kier molecular flexibility index (Phi) is 4.03. The maximum Gasteiger partial charge on any atom is 0.280 e. The van der Waals surface area contributed by atoms with Gasteiger partial charge in [0.05, 0.1) is 22.0 Å². The highest BCUT2D eigenvalue weighted by Crippen LogP contribution is 2.24. The molecule has 0 bridgehead atoms. The number of hydrogen-bond acceptors (Lipinski definition) is 5. The largest absolute Gasteiger partial charge is 0.280 e. The molecule has 1 atom stereocenters. The number of para-hydroxylation sites is 1. The topological polar surface area (TPSA) is 101 Å². The number of aromatic nitrogens is 2. The lowest BCUT2D eigenvalue weighted by Crippen LogP contribution is -2.49. The number of amides is 3. The summed E-state index contributed by atoms with van der Waals surface area (Å²) in [6.45, 7) is 3.02. The van der Waals surface area contributed by atoms with Crippen molar-refractivity contribution in [2.45, 2.75) is 19.9 Å². The number of fused-ring (bicyclic) bond motifs is 2. The lowest BCUT2D eigenvalue weighted by molar-refractivity contribution is -0.120. The first-order chi connectivity index (χ1) is 13.4. The van der Waals surface area contributed by atoms with Crippen LogP contribution in [0, 0.1) is 6.92 Å². The van der Waals surface area contributed by atoms with Crippen LogP contribution in [0.4, 0.5) is 0 Å². The maximum absolute atomic E-state index is 12.7. The predicted octanol–water partition coefficient (Wildman–Crippen LogP) is 1.46. The fourth-order valence-electron chi connectivity index (χ4n) is 3.26. The summed E-state index contributed by atoms with van der Waals surface area (Å²) < 4.78 is 1.03. The molecule has 1 aliphatic heterocycles. The molecule has 1 aromatic heterocycles. The molecular formula is C20H16N4O4. The summed E-state index contributed by atoms with van der Waals surface area (Å²) in [4.78, 5) is 55.8. The summed E-state index contributed by atoms with van der Waals surface area (Å²) >= 11 is 0. The zero-order valence-electron chi connectivity index (χ0n) is 15.2. The molecule has 0 unspecified atom stereocenters. The van der Waals surface area contributed by atoms with Gasteiger partial charge in [0.1, 0.15) is 11.9 Å². The monoisotopic (exact) mass is 376 g/mol. The van der Waals surface area contributed by atoms with Crippen LogP contribution in [-0.2, 0) is 4.79 Å². The Labute approximate surface area is 159 Å². The Morgan fingerprint density at radius 2 is 1.54 bits per heavy atom. The molecule has 0 radical (unpaired) electrons. The number of benzene rings is 2. The van der Waals surface area contributed by atoms with Crippen LogP contribution >= 0.6 is 0 Å². The normalized spacial score (nSPS) is 14.3. The first-order valence-corrected chi connectivity index (χ1v) is 8.66. The van der Waals surface area contributed by atoms with E-state index in [1.807, 2.05) is 0 Å². The Bertz CT molecular complexity index is 1180. The minimum Gasteiger partial charge on any atom is -0.271 e. The van der Waals surface area contributed by atoms with Crippen molar-refractivity contribution in [1.82, 2.24) is 14.6 Å². The van der Waals surface area contributed by atoms with Crippen molar-refractivity contribution in [3.63, 3.8) is 0 Å². The number of carbonyl (C=O) groups is 3. The van der Waals surface area contributed by atoms with Crippen LogP contribution < -0.4 is 11.0 Å². The van der Waals surface area contributed by atoms with Gasteiger partial charge in [-0.1, -0.05) is 24.3 Å². The van der Waals surface area contributed by atoms with Gasteiger partial charge in [-0.15, -0.1) is 0 Å². The van der Waals surface area contributed by atoms with Crippen LogP contribution in [0.3, 0.4) is 0 Å². The zero-order chi connectivity index (χ0) is 20.0. The average molecular weight is 376 g/mol. The molecule has 2 heterocycles. The van der Waals surface area contributed by atoms with E-state index in [1.165, 1.54) is 6.92 Å². The lowest BCUT2D eigenvalue weighted by atomic mass is 10.1. The molecule has 2 aromatic carbocycles. The first-order valence-electron chi connectivity index (χ1n) is 8.66. The highest BCUT2D eigenvalue weighted by atomic mass is 16.2. The number of hydrogen-bond donors (Lipinski definition) is 1. The number of imide groups is 1. The molecule has 3 amide bonds. The van der Waals surface area contributed by atoms with E-state index in [9.17, 15) is 19.2 Å². The summed E-state index contributed by atoms with van der Waals surface area (Å²) in [5.41, 5.74) is 3.06. The highest BCUT2D eigenvalue weighted by Gasteiger charge is 2.40. The van der Waals surface area contributed by atoms with Crippen molar-refractivity contribution >= 4 is 28.6 Å². The molecule has 4 rings (SSSR count). The number of aryl methyl sites for hydroxylation is 1. The molecular weight excluding hydrogens is 360 g/mol. The summed E-state index contributed by atoms with van der Waals surface area (Å²) in [6.07, 6.45) is 0. The third-order valence-corrected chi connectivity index (χ3v) is 4.76. The van der Waals surface area contributed by atoms with E-state index in [-0.39, 0.29) is 17.0 Å². The van der Waals surface area contributed by atoms with Crippen LogP contribution in [0.15, 0.2) is 53.3 Å². The molecule has 1 aliphatic rings. The Morgan fingerprint density at radius 3 is 2.18 bits per heavy atom. The second kappa shape index (κ2) is 6.41. The molecule has 8 nitrogen and oxygen atoms in total. The fraction of sp³-hybridized carbons (Fsp3) is 0.150. The van der Waals surface area contributed by atoms with Crippen LogP contribution in [0.1, 0.15) is 33.5 Å². The summed E-state index contributed by atoms with van der Waals surface area (Å²) in [7, 11) is 0. The van der Waals surface area contributed by atoms with E-state index in [4.69, 9.17) is 0 Å². The molecule has 0 saturated heterocycles. The van der Waals surface area contributed by atoms with Gasteiger partial charge in [0.2, 0.25) is 0 Å². The highest BCUT2D eigenvalue weighted by molar-refractivity contribution is 6.23. The Balaban J connectivity index is 1.65. The van der Waals surface area contributed by atoms with Gasteiger partial charge < -0.3 is 0 Å². The molecule has 3 aromatic rings. The van der Waals surface area contributed by atoms with E-state index >= 15 is 0 Å². The summed E-state index contributed by atoms with van der Waals surface area (Å²) in [5, 5.41) is 0.349. The smallest absolute Gasteiger partial charge is 0.271 e. The van der Waals surface area contributed by atoms with Gasteiger partial charge in [-0.05, 0) is 38.1 Å². The SMILES string of the molecule is Cc1nc2ccccc2c(=O)n1NC(=O)[C@H](C)N1C(=O)c2ccccc2C1=O. The molecule has 28 heavy (non-hydrogen) atoms. The minimum absolute atomic E-state index is 0.257. The van der Waals surface area contributed by atoms with Gasteiger partial charge in [0, 0.05) is 0 Å². The Morgan fingerprint density at radius 1 is 0.964 bits per heavy atom. The molecule has 8 heteroatoms. The third kappa shape index (κ3) is 2.58. The van der Waals surface area contributed by atoms with Gasteiger partial charge >= 0.3 is 0 Å². The Hall–Kier alpha value is -3.81. The predicted molar refractivity (Wildman–Crippen MR) is 102 cm³/mol. The van der Waals surface area contributed by atoms with Gasteiger partial charge in [-0.3, -0.25) is 29.5 Å². The quantitative estimate of drug-likeness (QED) is 0.698.